The average molecular weight is 632 g/mol. The number of carbonyl (C=O) groups is 1. The van der Waals surface area contributed by atoms with Crippen LogP contribution in [-0.4, -0.2) is 41.9 Å². The molecule has 0 aliphatic heterocycles. The van der Waals surface area contributed by atoms with E-state index in [9.17, 15) is 22.9 Å². The number of amides is 1. The lowest BCUT2D eigenvalue weighted by atomic mass is 10.0. The molecule has 0 heterocycles. The Bertz CT molecular complexity index is 700. The van der Waals surface area contributed by atoms with Gasteiger partial charge < -0.3 is 10.4 Å². The van der Waals surface area contributed by atoms with Crippen LogP contribution in [0.1, 0.15) is 206 Å². The topological polar surface area (TPSA) is 104 Å². The number of rotatable bonds is 34. The van der Waals surface area contributed by atoms with E-state index in [1.165, 1.54) is 128 Å². The molecule has 0 aliphatic carbocycles. The molecule has 7 heteroatoms. The minimum Gasteiger partial charge on any atom is -0.391 e. The van der Waals surface area contributed by atoms with Gasteiger partial charge in [-0.05, 0) is 12.8 Å². The molecule has 43 heavy (non-hydrogen) atoms. The van der Waals surface area contributed by atoms with Crippen LogP contribution in [0, 0.1) is 0 Å². The molecule has 258 valence electrons. The zero-order chi connectivity index (χ0) is 31.9. The van der Waals surface area contributed by atoms with E-state index in [1.807, 2.05) is 0 Å². The van der Waals surface area contributed by atoms with Gasteiger partial charge in [0.1, 0.15) is 0 Å². The summed E-state index contributed by atoms with van der Waals surface area (Å²) in [7, 11) is -4.29. The normalized spacial score (nSPS) is 13.3. The van der Waals surface area contributed by atoms with Gasteiger partial charge in [-0.15, -0.1) is 0 Å². The predicted molar refractivity (Wildman–Crippen MR) is 184 cm³/mol. The van der Waals surface area contributed by atoms with E-state index in [0.717, 1.165) is 51.4 Å². The molecule has 0 saturated carbocycles. The lowest BCUT2D eigenvalue weighted by molar-refractivity contribution is -0.122. The molecule has 0 aromatic rings. The highest BCUT2D eigenvalue weighted by Crippen LogP contribution is 2.16. The van der Waals surface area contributed by atoms with Gasteiger partial charge in [-0.3, -0.25) is 9.35 Å². The molecule has 0 saturated heterocycles. The summed E-state index contributed by atoms with van der Waals surface area (Å²) in [6.07, 6.45) is 35.4. The molecule has 0 aromatic heterocycles. The van der Waals surface area contributed by atoms with Gasteiger partial charge in [-0.1, -0.05) is 187 Å². The second kappa shape index (κ2) is 31.3. The number of nitrogens with one attached hydrogen (secondary N) is 1. The zero-order valence-electron chi connectivity index (χ0n) is 28.6. The monoisotopic (exact) mass is 632 g/mol. The van der Waals surface area contributed by atoms with E-state index in [0.29, 0.717) is 12.8 Å². The molecule has 2 atom stereocenters. The minimum absolute atomic E-state index is 0.248. The largest absolute Gasteiger partial charge is 0.391 e. The van der Waals surface area contributed by atoms with Gasteiger partial charge >= 0.3 is 0 Å². The maximum atomic E-state index is 12.4. The van der Waals surface area contributed by atoms with Gasteiger partial charge in [0.15, 0.2) is 0 Å². The molecule has 0 fully saturated rings. The van der Waals surface area contributed by atoms with Crippen LogP contribution < -0.4 is 5.32 Å². The smallest absolute Gasteiger partial charge is 0.266 e. The molecule has 2 unspecified atom stereocenters. The Hall–Kier alpha value is -0.660. The number of aliphatic hydroxyl groups is 1. The fourth-order valence-electron chi connectivity index (χ4n) is 5.98. The Morgan fingerprint density at radius 3 is 1.16 bits per heavy atom. The molecule has 0 bridgehead atoms. The van der Waals surface area contributed by atoms with E-state index >= 15 is 0 Å². The van der Waals surface area contributed by atoms with Crippen molar-refractivity contribution in [2.75, 3.05) is 5.75 Å². The van der Waals surface area contributed by atoms with E-state index in [1.54, 1.807) is 0 Å². The highest BCUT2D eigenvalue weighted by atomic mass is 32.2. The average Bonchev–Trinajstić information content (AvgIpc) is 2.96. The second-order valence-corrected chi connectivity index (χ2v) is 14.7. The van der Waals surface area contributed by atoms with Crippen molar-refractivity contribution < 1.29 is 22.9 Å². The summed E-state index contributed by atoms with van der Waals surface area (Å²) >= 11 is 0. The van der Waals surface area contributed by atoms with E-state index in [4.69, 9.17) is 0 Å². The molecule has 0 spiro atoms. The van der Waals surface area contributed by atoms with Crippen molar-refractivity contribution >= 4 is 16.0 Å². The van der Waals surface area contributed by atoms with Crippen molar-refractivity contribution in [3.8, 4) is 0 Å². The van der Waals surface area contributed by atoms with E-state index in [2.05, 4.69) is 19.2 Å². The second-order valence-electron chi connectivity index (χ2n) is 13.2. The van der Waals surface area contributed by atoms with Gasteiger partial charge in [0.2, 0.25) is 5.91 Å². The van der Waals surface area contributed by atoms with Crippen molar-refractivity contribution in [2.45, 2.75) is 219 Å². The maximum Gasteiger partial charge on any atom is 0.266 e. The van der Waals surface area contributed by atoms with Crippen molar-refractivity contribution in [1.29, 1.82) is 0 Å². The molecule has 0 aromatic carbocycles. The van der Waals surface area contributed by atoms with Crippen LogP contribution in [0.25, 0.3) is 0 Å². The van der Waals surface area contributed by atoms with Crippen molar-refractivity contribution in [3.05, 3.63) is 0 Å². The Morgan fingerprint density at radius 1 is 0.535 bits per heavy atom. The van der Waals surface area contributed by atoms with Crippen LogP contribution in [0.2, 0.25) is 0 Å². The lowest BCUT2D eigenvalue weighted by Crippen LogP contribution is -2.47. The fraction of sp³-hybridized carbons (Fsp3) is 0.972. The number of aliphatic hydroxyl groups excluding tert-OH is 1. The summed E-state index contributed by atoms with van der Waals surface area (Å²) < 4.78 is 32.1. The lowest BCUT2D eigenvalue weighted by Gasteiger charge is -2.23. The molecule has 0 radical (unpaired) electrons. The highest BCUT2D eigenvalue weighted by molar-refractivity contribution is 7.85. The molecular weight excluding hydrogens is 558 g/mol. The third-order valence-corrected chi connectivity index (χ3v) is 9.59. The molecular formula is C36H73NO5S. The molecule has 3 N–H and O–H groups in total. The van der Waals surface area contributed by atoms with E-state index < -0.39 is 28.0 Å². The van der Waals surface area contributed by atoms with Crippen LogP contribution in [0.4, 0.5) is 0 Å². The van der Waals surface area contributed by atoms with Crippen LogP contribution in [0.5, 0.6) is 0 Å². The number of hydrogen-bond acceptors (Lipinski definition) is 4. The number of carbonyl (C=O) groups excluding carboxylic acids is 1. The quantitative estimate of drug-likeness (QED) is 0.0484. The van der Waals surface area contributed by atoms with Crippen LogP contribution in [0.15, 0.2) is 0 Å². The van der Waals surface area contributed by atoms with Crippen molar-refractivity contribution in [1.82, 2.24) is 5.32 Å². The third kappa shape index (κ3) is 32.5. The number of hydrogen-bond donors (Lipinski definition) is 3. The Labute approximate surface area is 268 Å². The van der Waals surface area contributed by atoms with Gasteiger partial charge in [0.05, 0.1) is 17.9 Å². The first-order valence-electron chi connectivity index (χ1n) is 18.7. The fourth-order valence-corrected chi connectivity index (χ4v) is 6.74. The summed E-state index contributed by atoms with van der Waals surface area (Å²) in [5.41, 5.74) is 0. The highest BCUT2D eigenvalue weighted by Gasteiger charge is 2.26. The van der Waals surface area contributed by atoms with E-state index in [-0.39, 0.29) is 5.91 Å². The predicted octanol–water partition coefficient (Wildman–Crippen LogP) is 10.5. The van der Waals surface area contributed by atoms with Crippen molar-refractivity contribution in [3.63, 3.8) is 0 Å². The Kier molecular flexibility index (Phi) is 30.8. The van der Waals surface area contributed by atoms with Gasteiger partial charge in [-0.25, -0.2) is 0 Å². The first-order chi connectivity index (χ1) is 20.8. The zero-order valence-corrected chi connectivity index (χ0v) is 29.4. The Balaban J connectivity index is 3.60. The van der Waals surface area contributed by atoms with Crippen LogP contribution >= 0.6 is 0 Å². The van der Waals surface area contributed by atoms with Crippen molar-refractivity contribution in [2.24, 2.45) is 0 Å². The minimum atomic E-state index is -4.29. The summed E-state index contributed by atoms with van der Waals surface area (Å²) in [5, 5.41) is 13.1. The molecule has 0 aliphatic rings. The van der Waals surface area contributed by atoms with Gasteiger partial charge in [0, 0.05) is 6.42 Å². The summed E-state index contributed by atoms with van der Waals surface area (Å²) in [4.78, 5) is 12.4. The summed E-state index contributed by atoms with van der Waals surface area (Å²) in [6, 6.07) is -0.960. The maximum absolute atomic E-state index is 12.4. The van der Waals surface area contributed by atoms with Gasteiger partial charge in [-0.2, -0.15) is 8.42 Å². The standard InChI is InChI=1S/C36H73NO5S/c1-3-5-7-9-10-11-12-13-14-15-16-17-18-19-20-21-22-23-24-25-26-28-30-32-36(39)37-34(33-43(40,41)42)35(38)31-29-27-8-6-4-2/h34-35,38H,3-33H2,1-2H3,(H,37,39)(H,40,41,42). The number of unbranched alkanes of at least 4 members (excludes halogenated alkanes) is 26. The third-order valence-electron chi connectivity index (χ3n) is 8.81. The molecule has 1 amide bonds. The Morgan fingerprint density at radius 2 is 0.837 bits per heavy atom. The van der Waals surface area contributed by atoms with Crippen LogP contribution in [0.3, 0.4) is 0 Å². The molecule has 6 nitrogen and oxygen atoms in total. The SMILES string of the molecule is CCCCCCCCCCCCCCCCCCCCCCCCCC(=O)NC(CS(=O)(=O)O)C(O)CCCCCCC. The summed E-state index contributed by atoms with van der Waals surface area (Å²) in [6.45, 7) is 4.42. The van der Waals surface area contributed by atoms with Gasteiger partial charge in [0.25, 0.3) is 10.1 Å². The molecule has 0 rings (SSSR count). The first kappa shape index (κ1) is 42.3. The summed E-state index contributed by atoms with van der Waals surface area (Å²) in [5.74, 6) is -0.893. The first-order valence-corrected chi connectivity index (χ1v) is 20.3. The van der Waals surface area contributed by atoms with Crippen LogP contribution in [-0.2, 0) is 14.9 Å².